The lowest BCUT2D eigenvalue weighted by Crippen LogP contribution is -2.36. The number of nitrogens with zero attached hydrogens (tertiary/aromatic N) is 2. The highest BCUT2D eigenvalue weighted by atomic mass is 32.1. The van der Waals surface area contributed by atoms with Crippen LogP contribution in [0.25, 0.3) is 20.7 Å². The number of primary amides is 1. The highest BCUT2D eigenvalue weighted by Gasteiger charge is 2.24. The summed E-state index contributed by atoms with van der Waals surface area (Å²) in [7, 11) is 0. The monoisotopic (exact) mass is 567 g/mol. The molecule has 0 spiro atoms. The van der Waals surface area contributed by atoms with Crippen molar-refractivity contribution < 1.29 is 19.1 Å². The van der Waals surface area contributed by atoms with E-state index in [1.807, 2.05) is 11.4 Å². The zero-order valence-electron chi connectivity index (χ0n) is 21.1. The first-order valence-corrected chi connectivity index (χ1v) is 14.6. The first-order chi connectivity index (χ1) is 19.0. The van der Waals surface area contributed by atoms with Crippen molar-refractivity contribution in [1.82, 2.24) is 4.98 Å². The highest BCUT2D eigenvalue weighted by molar-refractivity contribution is 7.23. The maximum Gasteiger partial charge on any atom is 0.269 e. The molecule has 1 aliphatic heterocycles. The minimum absolute atomic E-state index is 0.0653. The lowest BCUT2D eigenvalue weighted by molar-refractivity contribution is 0.0996. The average Bonchev–Trinajstić information content (AvgIpc) is 3.58. The molecule has 5 N–H and O–H groups in total. The van der Waals surface area contributed by atoms with E-state index < -0.39 is 12.0 Å². The third kappa shape index (κ3) is 5.37. The van der Waals surface area contributed by atoms with Crippen LogP contribution < -0.4 is 26.7 Å². The van der Waals surface area contributed by atoms with Crippen molar-refractivity contribution in [3.8, 4) is 10.4 Å². The first-order valence-electron chi connectivity index (χ1n) is 12.9. The Morgan fingerprint density at radius 3 is 2.77 bits per heavy atom. The highest BCUT2D eigenvalue weighted by Crippen LogP contribution is 2.40. The Labute approximate surface area is 232 Å². The molecule has 39 heavy (non-hydrogen) atoms. The molecule has 2 atom stereocenters. The van der Waals surface area contributed by atoms with Gasteiger partial charge in [-0.1, -0.05) is 12.8 Å². The zero-order valence-corrected chi connectivity index (χ0v) is 22.8. The third-order valence-electron chi connectivity index (χ3n) is 7.10. The Kier molecular flexibility index (Phi) is 7.26. The van der Waals surface area contributed by atoms with E-state index in [4.69, 9.17) is 14.9 Å². The molecule has 204 valence electrons. The number of rotatable bonds is 7. The lowest BCUT2D eigenvalue weighted by atomic mass is 9.92. The van der Waals surface area contributed by atoms with Crippen LogP contribution in [0.1, 0.15) is 36.2 Å². The van der Waals surface area contributed by atoms with Crippen LogP contribution in [0.3, 0.4) is 0 Å². The van der Waals surface area contributed by atoms with E-state index in [-0.39, 0.29) is 17.2 Å². The van der Waals surface area contributed by atoms with Crippen molar-refractivity contribution in [3.05, 3.63) is 52.0 Å². The van der Waals surface area contributed by atoms with Crippen molar-refractivity contribution in [1.29, 1.82) is 0 Å². The second-order valence-corrected chi connectivity index (χ2v) is 11.7. The van der Waals surface area contributed by atoms with Crippen molar-refractivity contribution >= 4 is 60.9 Å². The quantitative estimate of drug-likeness (QED) is 0.256. The molecule has 0 aromatic carbocycles. The maximum atomic E-state index is 12.8. The number of nitrogens with two attached hydrogens (primary N) is 1. The number of furan rings is 1. The summed E-state index contributed by atoms with van der Waals surface area (Å²) >= 11 is 3.04. The summed E-state index contributed by atoms with van der Waals surface area (Å²) in [4.78, 5) is 32.3. The van der Waals surface area contributed by atoms with Crippen LogP contribution in [0, 0.1) is 0 Å². The van der Waals surface area contributed by atoms with Gasteiger partial charge in [0.25, 0.3) is 5.91 Å². The normalized spacial score (nSPS) is 19.8. The molecule has 10 nitrogen and oxygen atoms in total. The molecule has 6 rings (SSSR count). The molecule has 1 saturated heterocycles. The topological polar surface area (TPSA) is 143 Å². The molecular weight excluding hydrogens is 538 g/mol. The van der Waals surface area contributed by atoms with Gasteiger partial charge in [-0.15, -0.1) is 22.7 Å². The van der Waals surface area contributed by atoms with Gasteiger partial charge in [0.2, 0.25) is 5.43 Å². The van der Waals surface area contributed by atoms with Crippen LogP contribution in [0.4, 0.5) is 22.1 Å². The van der Waals surface area contributed by atoms with Crippen LogP contribution >= 0.6 is 22.7 Å². The number of aliphatic hydroxyl groups is 1. The molecule has 12 heteroatoms. The largest absolute Gasteiger partial charge is 0.459 e. The molecule has 4 aromatic rings. The number of carbonyl (C=O) groups excluding carboxylic acids is 1. The van der Waals surface area contributed by atoms with Crippen LogP contribution in [0.2, 0.25) is 0 Å². The summed E-state index contributed by atoms with van der Waals surface area (Å²) in [5, 5.41) is 19.8. The summed E-state index contributed by atoms with van der Waals surface area (Å²) < 4.78 is 11.9. The lowest BCUT2D eigenvalue weighted by Gasteiger charge is -2.29. The Balaban J connectivity index is 1.28. The number of carbonyl (C=O) groups is 1. The number of pyridine rings is 1. The average molecular weight is 568 g/mol. The SMILES string of the molecule is NC(=O)c1ncc(N[C@@H]2CCCC[C@@H]2O)cc1Nc1csc(-c2coc3c(=O)cc(N4CCOCC4)sc23)c1. The van der Waals surface area contributed by atoms with Gasteiger partial charge in [-0.25, -0.2) is 4.98 Å². The van der Waals surface area contributed by atoms with Gasteiger partial charge in [0, 0.05) is 40.7 Å². The molecule has 1 aliphatic carbocycles. The number of hydrogen-bond donors (Lipinski definition) is 4. The summed E-state index contributed by atoms with van der Waals surface area (Å²) in [6, 6.07) is 5.31. The van der Waals surface area contributed by atoms with Gasteiger partial charge in [0.15, 0.2) is 11.3 Å². The third-order valence-corrected chi connectivity index (χ3v) is 9.26. The molecule has 0 radical (unpaired) electrons. The zero-order chi connectivity index (χ0) is 26.9. The number of fused-ring (bicyclic) bond motifs is 1. The number of morpholine rings is 1. The first kappa shape index (κ1) is 25.8. The van der Waals surface area contributed by atoms with Crippen molar-refractivity contribution in [2.24, 2.45) is 5.73 Å². The fourth-order valence-electron chi connectivity index (χ4n) is 5.07. The molecule has 1 saturated carbocycles. The van der Waals surface area contributed by atoms with E-state index in [1.54, 1.807) is 24.6 Å². The number of ether oxygens (including phenoxy) is 1. The minimum Gasteiger partial charge on any atom is -0.459 e. The van der Waals surface area contributed by atoms with E-state index >= 15 is 0 Å². The van der Waals surface area contributed by atoms with Gasteiger partial charge in [-0.2, -0.15) is 0 Å². The summed E-state index contributed by atoms with van der Waals surface area (Å²) in [6.07, 6.45) is 6.47. The fraction of sp³-hybridized carbons (Fsp3) is 0.370. The Bertz CT molecular complexity index is 1560. The van der Waals surface area contributed by atoms with Crippen LogP contribution in [-0.2, 0) is 4.74 Å². The van der Waals surface area contributed by atoms with Gasteiger partial charge < -0.3 is 35.5 Å². The summed E-state index contributed by atoms with van der Waals surface area (Å²) in [5.41, 5.74) is 8.70. The number of amides is 1. The second kappa shape index (κ2) is 11.0. The van der Waals surface area contributed by atoms with Gasteiger partial charge in [-0.3, -0.25) is 9.59 Å². The number of thiophene rings is 1. The second-order valence-electron chi connectivity index (χ2n) is 9.77. The maximum absolute atomic E-state index is 12.8. The van der Waals surface area contributed by atoms with Crippen molar-refractivity contribution in [2.75, 3.05) is 41.8 Å². The van der Waals surface area contributed by atoms with E-state index in [2.05, 4.69) is 20.5 Å². The van der Waals surface area contributed by atoms with Crippen LogP contribution in [0.15, 0.2) is 45.3 Å². The fourth-order valence-corrected chi connectivity index (χ4v) is 7.18. The molecule has 0 bridgehead atoms. The molecule has 5 heterocycles. The standard InChI is InChI=1S/C27H29N5O5S2/c28-27(35)24-19(9-15(12-29-24)30-18-3-1-2-4-20(18)33)31-16-10-22(38-14-16)17-13-37-25-21(34)11-23(39-26(17)25)32-5-7-36-8-6-32/h9-14,18,20,30-31,33H,1-8H2,(H2,28,35)/t18-,20+/m1/s1. The summed E-state index contributed by atoms with van der Waals surface area (Å²) in [5.74, 6) is -0.640. The summed E-state index contributed by atoms with van der Waals surface area (Å²) in [6.45, 7) is 2.76. The number of anilines is 4. The van der Waals surface area contributed by atoms with Gasteiger partial charge in [0.1, 0.15) is 6.26 Å². The molecule has 2 aliphatic rings. The Hall–Kier alpha value is -3.45. The molecule has 2 fully saturated rings. The number of aromatic nitrogens is 1. The Morgan fingerprint density at radius 1 is 1.15 bits per heavy atom. The molecule has 4 aromatic heterocycles. The van der Waals surface area contributed by atoms with Crippen LogP contribution in [-0.4, -0.2) is 54.4 Å². The predicted octanol–water partition coefficient (Wildman–Crippen LogP) is 4.37. The van der Waals surface area contributed by atoms with Crippen molar-refractivity contribution in [3.63, 3.8) is 0 Å². The smallest absolute Gasteiger partial charge is 0.269 e. The van der Waals surface area contributed by atoms with Gasteiger partial charge >= 0.3 is 0 Å². The van der Waals surface area contributed by atoms with Crippen molar-refractivity contribution in [2.45, 2.75) is 37.8 Å². The van der Waals surface area contributed by atoms with E-state index in [0.717, 1.165) is 64.6 Å². The molecular formula is C27H29N5O5S2. The van der Waals surface area contributed by atoms with Gasteiger partial charge in [-0.05, 0) is 25.0 Å². The Morgan fingerprint density at radius 2 is 1.97 bits per heavy atom. The van der Waals surface area contributed by atoms with E-state index in [0.29, 0.717) is 30.2 Å². The van der Waals surface area contributed by atoms with Gasteiger partial charge in [0.05, 0.1) is 52.6 Å². The molecule has 1 amide bonds. The molecule has 0 unspecified atom stereocenters. The van der Waals surface area contributed by atoms with E-state index in [1.165, 1.54) is 22.7 Å². The van der Waals surface area contributed by atoms with Crippen LogP contribution in [0.5, 0.6) is 0 Å². The number of aliphatic hydroxyl groups excluding tert-OH is 1. The predicted molar refractivity (Wildman–Crippen MR) is 155 cm³/mol. The minimum atomic E-state index is -0.640. The number of hydrogen-bond acceptors (Lipinski definition) is 11. The van der Waals surface area contributed by atoms with E-state index in [9.17, 15) is 14.7 Å². The number of nitrogens with one attached hydrogen (secondary N) is 2.